The van der Waals surface area contributed by atoms with Crippen molar-refractivity contribution < 1.29 is 25.9 Å². The number of carbonyl (C=O) groups is 1. The van der Waals surface area contributed by atoms with E-state index >= 15 is 0 Å². The van der Waals surface area contributed by atoms with Gasteiger partial charge in [-0.3, -0.25) is 4.79 Å². The second-order valence-corrected chi connectivity index (χ2v) is 2.27. The van der Waals surface area contributed by atoms with E-state index in [1.54, 1.807) is 0 Å². The van der Waals surface area contributed by atoms with E-state index in [0.717, 1.165) is 0 Å². The van der Waals surface area contributed by atoms with Gasteiger partial charge in [0.2, 0.25) is 5.91 Å². The van der Waals surface area contributed by atoms with Gasteiger partial charge >= 0.3 is 21.1 Å². The van der Waals surface area contributed by atoms with E-state index in [1.807, 2.05) is 0 Å². The van der Waals surface area contributed by atoms with Crippen molar-refractivity contribution in [2.75, 3.05) is 0 Å². The van der Waals surface area contributed by atoms with Gasteiger partial charge in [0.15, 0.2) is 0 Å². The number of hydrogen-bond acceptors (Lipinski definition) is 2. The van der Waals surface area contributed by atoms with Gasteiger partial charge in [0.1, 0.15) is 0 Å². The summed E-state index contributed by atoms with van der Waals surface area (Å²) in [6.45, 7) is 7.27. The normalized spacial score (nSPS) is 12.4. The molecule has 0 unspecified atom stereocenters. The van der Waals surface area contributed by atoms with E-state index in [2.05, 4.69) is 13.8 Å². The maximum absolute atomic E-state index is 10.5. The molecule has 3 nitrogen and oxygen atoms in total. The number of primary amides is 1. The summed E-state index contributed by atoms with van der Waals surface area (Å²) in [5, 5.41) is 0. The molecule has 0 saturated carbocycles. The first-order valence-electron chi connectivity index (χ1n) is 3.26. The zero-order chi connectivity index (χ0) is 8.15. The summed E-state index contributed by atoms with van der Waals surface area (Å²) in [4.78, 5) is 10.5. The van der Waals surface area contributed by atoms with Gasteiger partial charge in [0.05, 0.1) is 6.04 Å². The fraction of sp³-hybridized carbons (Fsp3) is 0.571. The molecule has 0 aliphatic carbocycles. The van der Waals surface area contributed by atoms with Crippen LogP contribution in [0, 0.1) is 19.8 Å². The Kier molecular flexibility index (Phi) is 8.47. The topological polar surface area (TPSA) is 69.1 Å². The van der Waals surface area contributed by atoms with Crippen molar-refractivity contribution >= 4 is 5.91 Å². The number of rotatable bonds is 4. The molecule has 4 heteroatoms. The molecule has 0 spiro atoms. The van der Waals surface area contributed by atoms with Crippen LogP contribution in [0.3, 0.4) is 0 Å². The van der Waals surface area contributed by atoms with E-state index in [1.165, 1.54) is 0 Å². The Morgan fingerprint density at radius 1 is 1.36 bits per heavy atom. The van der Waals surface area contributed by atoms with E-state index < -0.39 is 11.9 Å². The van der Waals surface area contributed by atoms with Crippen molar-refractivity contribution in [1.82, 2.24) is 0 Å². The second-order valence-electron chi connectivity index (χ2n) is 2.27. The molecule has 64 valence electrons. The number of carbonyl (C=O) groups excluding carboxylic acids is 1. The quantitative estimate of drug-likeness (QED) is 0.706. The van der Waals surface area contributed by atoms with Crippen LogP contribution in [0.2, 0.25) is 0 Å². The molecule has 0 saturated heterocycles. The number of hydrogen-bond donors (Lipinski definition) is 2. The summed E-state index contributed by atoms with van der Waals surface area (Å²) < 4.78 is 0. The van der Waals surface area contributed by atoms with Gasteiger partial charge in [0, 0.05) is 0 Å². The van der Waals surface area contributed by atoms with Crippen LogP contribution in [-0.4, -0.2) is 11.9 Å². The minimum atomic E-state index is -0.588. The van der Waals surface area contributed by atoms with Crippen LogP contribution >= 0.6 is 0 Å². The Bertz CT molecular complexity index is 115. The van der Waals surface area contributed by atoms with Crippen molar-refractivity contribution in [2.24, 2.45) is 17.4 Å². The van der Waals surface area contributed by atoms with Crippen molar-refractivity contribution in [3.05, 3.63) is 13.8 Å². The van der Waals surface area contributed by atoms with Gasteiger partial charge in [-0.25, -0.2) is 0 Å². The third-order valence-corrected chi connectivity index (χ3v) is 1.58. The van der Waals surface area contributed by atoms with Gasteiger partial charge in [0.25, 0.3) is 0 Å². The summed E-state index contributed by atoms with van der Waals surface area (Å²) in [6, 6.07) is -0.588. The molecule has 0 fully saturated rings. The zero-order valence-corrected chi connectivity index (χ0v) is 9.39. The second kappa shape index (κ2) is 6.81. The van der Waals surface area contributed by atoms with Gasteiger partial charge in [-0.05, 0) is 0 Å². The van der Waals surface area contributed by atoms with Crippen molar-refractivity contribution in [1.29, 1.82) is 0 Å². The van der Waals surface area contributed by atoms with Crippen LogP contribution in [0.15, 0.2) is 0 Å². The molecule has 1 amide bonds. The van der Waals surface area contributed by atoms with Crippen LogP contribution in [0.25, 0.3) is 0 Å². The summed E-state index contributed by atoms with van der Waals surface area (Å²) >= 11 is 0. The molecule has 4 N–H and O–H groups in total. The number of amides is 1. The van der Waals surface area contributed by atoms with Gasteiger partial charge in [-0.2, -0.15) is 12.8 Å². The Balaban J connectivity index is 0. The molecule has 0 radical (unpaired) electrons. The molecule has 0 aliphatic heterocycles. The predicted molar refractivity (Wildman–Crippen MR) is 40.6 cm³/mol. The average molecular weight is 326 g/mol. The number of nitrogens with two attached hydrogens (primary N) is 2. The standard InChI is InChI=1S/C7H14N2O.W/c1-3-5(4-2)6(8)7(9)10;/h5-6H,1-4,8H2,(H2,9,10);/q-2;+2/t6-;/m0./s1. The largest absolute Gasteiger partial charge is 2.00 e. The van der Waals surface area contributed by atoms with Gasteiger partial charge < -0.3 is 25.3 Å². The first-order chi connectivity index (χ1) is 4.63. The van der Waals surface area contributed by atoms with Crippen LogP contribution < -0.4 is 11.5 Å². The minimum absolute atomic E-state index is 0. The Morgan fingerprint density at radius 3 is 1.82 bits per heavy atom. The fourth-order valence-electron chi connectivity index (χ4n) is 0.736. The van der Waals surface area contributed by atoms with E-state index in [9.17, 15) is 4.79 Å². The van der Waals surface area contributed by atoms with E-state index in [4.69, 9.17) is 11.5 Å². The van der Waals surface area contributed by atoms with Crippen molar-refractivity contribution in [2.45, 2.75) is 18.9 Å². The monoisotopic (exact) mass is 326 g/mol. The molecule has 0 rings (SSSR count). The molecule has 0 aromatic carbocycles. The smallest absolute Gasteiger partial charge is 0.368 e. The van der Waals surface area contributed by atoms with Crippen molar-refractivity contribution in [3.8, 4) is 0 Å². The molecule has 0 heterocycles. The Morgan fingerprint density at radius 2 is 1.73 bits per heavy atom. The van der Waals surface area contributed by atoms with Crippen LogP contribution in [0.1, 0.15) is 12.8 Å². The molecule has 0 aliphatic rings. The van der Waals surface area contributed by atoms with Crippen LogP contribution in [0.5, 0.6) is 0 Å². The van der Waals surface area contributed by atoms with Gasteiger partial charge in [-0.15, -0.1) is 0 Å². The minimum Gasteiger partial charge on any atom is -0.368 e. The van der Waals surface area contributed by atoms with Crippen LogP contribution in [0.4, 0.5) is 0 Å². The predicted octanol–water partition coefficient (Wildman–Crippen LogP) is -0.139. The first kappa shape index (κ1) is 13.7. The average Bonchev–Trinajstić information content (AvgIpc) is 1.90. The molecular weight excluding hydrogens is 312 g/mol. The SMILES string of the molecule is [CH2-]CC(C[CH2-])[C@H](N)C(N)=O.[W+2]. The summed E-state index contributed by atoms with van der Waals surface area (Å²) in [7, 11) is 0. The summed E-state index contributed by atoms with van der Waals surface area (Å²) in [5.74, 6) is -0.449. The molecule has 1 atom stereocenters. The molecular formula is C7H14N2OW. The van der Waals surface area contributed by atoms with Gasteiger partial charge in [-0.1, -0.05) is 5.92 Å². The fourth-order valence-corrected chi connectivity index (χ4v) is 0.736. The Labute approximate surface area is 82.2 Å². The molecule has 11 heavy (non-hydrogen) atoms. The zero-order valence-electron chi connectivity index (χ0n) is 6.45. The molecule has 0 aromatic heterocycles. The maximum Gasteiger partial charge on any atom is 2.00 e. The van der Waals surface area contributed by atoms with E-state index in [-0.39, 0.29) is 27.0 Å². The van der Waals surface area contributed by atoms with Crippen LogP contribution in [-0.2, 0) is 25.9 Å². The molecule has 0 bridgehead atoms. The summed E-state index contributed by atoms with van der Waals surface area (Å²) in [6.07, 6.45) is 1.21. The Hall–Kier alpha value is 0.118. The third kappa shape index (κ3) is 4.54. The van der Waals surface area contributed by atoms with Crippen molar-refractivity contribution in [3.63, 3.8) is 0 Å². The molecule has 0 aromatic rings. The third-order valence-electron chi connectivity index (χ3n) is 1.58. The van der Waals surface area contributed by atoms with E-state index in [0.29, 0.717) is 12.8 Å². The maximum atomic E-state index is 10.5. The summed E-state index contributed by atoms with van der Waals surface area (Å²) in [5.41, 5.74) is 10.4. The first-order valence-corrected chi connectivity index (χ1v) is 3.26.